The summed E-state index contributed by atoms with van der Waals surface area (Å²) in [7, 11) is -3.64. The van der Waals surface area contributed by atoms with Crippen molar-refractivity contribution in [3.8, 4) is 11.1 Å². The second-order valence-corrected chi connectivity index (χ2v) is 7.94. The van der Waals surface area contributed by atoms with Crippen molar-refractivity contribution < 1.29 is 17.2 Å². The molecule has 2 N–H and O–H groups in total. The molecule has 136 valence electrons. The molecular weight excluding hydrogens is 362 g/mol. The minimum atomic E-state index is -3.64. The first-order valence-electron chi connectivity index (χ1n) is 8.10. The van der Waals surface area contributed by atoms with Gasteiger partial charge >= 0.3 is 0 Å². The Bertz CT molecular complexity index is 1060. The fraction of sp³-hybridized carbons (Fsp3) is 0.235. The highest BCUT2D eigenvalue weighted by Gasteiger charge is 2.27. The zero-order valence-electron chi connectivity index (χ0n) is 13.7. The fourth-order valence-corrected chi connectivity index (χ4v) is 4.42. The number of pyridine rings is 1. The van der Waals surface area contributed by atoms with Crippen LogP contribution in [0.3, 0.4) is 0 Å². The minimum Gasteiger partial charge on any atom is -0.360 e. The molecule has 3 aromatic rings. The van der Waals surface area contributed by atoms with Gasteiger partial charge in [-0.25, -0.2) is 22.2 Å². The number of aromatic amines is 1. The van der Waals surface area contributed by atoms with E-state index in [1.54, 1.807) is 12.3 Å². The van der Waals surface area contributed by atoms with Crippen LogP contribution in [0.5, 0.6) is 0 Å². The SMILES string of the molecule is O=S(=O)(c1ccc(-c2c[nH]c3cc(F)c(F)cc23)cn1)N1CCNCC1. The highest BCUT2D eigenvalue weighted by atomic mass is 32.2. The number of fused-ring (bicyclic) bond motifs is 1. The van der Waals surface area contributed by atoms with Gasteiger partial charge < -0.3 is 10.3 Å². The monoisotopic (exact) mass is 378 g/mol. The molecule has 1 saturated heterocycles. The number of halogens is 2. The van der Waals surface area contributed by atoms with Crippen molar-refractivity contribution in [1.82, 2.24) is 19.6 Å². The van der Waals surface area contributed by atoms with Crippen molar-refractivity contribution >= 4 is 20.9 Å². The number of piperazine rings is 1. The summed E-state index contributed by atoms with van der Waals surface area (Å²) in [5, 5.41) is 3.58. The van der Waals surface area contributed by atoms with E-state index in [1.165, 1.54) is 16.6 Å². The molecule has 0 atom stereocenters. The standard InChI is InChI=1S/C17H16F2N4O2S/c18-14-7-12-13(10-21-16(12)8-15(14)19)11-1-2-17(22-9-11)26(24,25)23-5-3-20-4-6-23/h1-2,7-10,20-21H,3-6H2. The fourth-order valence-electron chi connectivity index (χ4n) is 3.06. The van der Waals surface area contributed by atoms with Crippen LogP contribution in [0.15, 0.2) is 41.7 Å². The lowest BCUT2D eigenvalue weighted by Gasteiger charge is -2.26. The Morgan fingerprint density at radius 2 is 1.81 bits per heavy atom. The molecule has 1 aliphatic rings. The lowest BCUT2D eigenvalue weighted by molar-refractivity contribution is 0.359. The largest absolute Gasteiger partial charge is 0.360 e. The number of nitrogens with zero attached hydrogens (tertiary/aromatic N) is 2. The first kappa shape index (κ1) is 17.1. The molecular formula is C17H16F2N4O2S. The number of nitrogens with one attached hydrogen (secondary N) is 2. The third-order valence-corrected chi connectivity index (χ3v) is 6.27. The third kappa shape index (κ3) is 2.87. The highest BCUT2D eigenvalue weighted by Crippen LogP contribution is 2.30. The second kappa shape index (κ2) is 6.42. The Morgan fingerprint density at radius 1 is 1.08 bits per heavy atom. The molecule has 6 nitrogen and oxygen atoms in total. The first-order chi connectivity index (χ1) is 12.5. The molecule has 9 heteroatoms. The van der Waals surface area contributed by atoms with Gasteiger partial charge in [0.05, 0.1) is 0 Å². The molecule has 26 heavy (non-hydrogen) atoms. The first-order valence-corrected chi connectivity index (χ1v) is 9.54. The molecule has 4 rings (SSSR count). The molecule has 0 amide bonds. The summed E-state index contributed by atoms with van der Waals surface area (Å²) in [6.07, 6.45) is 3.05. The number of rotatable bonds is 3. The average molecular weight is 378 g/mol. The summed E-state index contributed by atoms with van der Waals surface area (Å²) in [6.45, 7) is 2.02. The smallest absolute Gasteiger partial charge is 0.260 e. The van der Waals surface area contributed by atoms with Gasteiger partial charge in [-0.2, -0.15) is 4.31 Å². The maximum Gasteiger partial charge on any atom is 0.260 e. The van der Waals surface area contributed by atoms with Crippen molar-refractivity contribution in [3.63, 3.8) is 0 Å². The van der Waals surface area contributed by atoms with Gasteiger partial charge in [0.2, 0.25) is 0 Å². The van der Waals surface area contributed by atoms with E-state index in [1.807, 2.05) is 0 Å². The van der Waals surface area contributed by atoms with E-state index in [0.717, 1.165) is 12.1 Å². The Balaban J connectivity index is 1.69. The summed E-state index contributed by atoms with van der Waals surface area (Å²) in [5.41, 5.74) is 1.69. The summed E-state index contributed by atoms with van der Waals surface area (Å²) in [6, 6.07) is 5.25. The third-order valence-electron chi connectivity index (χ3n) is 4.45. The van der Waals surface area contributed by atoms with Crippen LogP contribution in [-0.2, 0) is 10.0 Å². The molecule has 3 heterocycles. The predicted octanol–water partition coefficient (Wildman–Crippen LogP) is 2.10. The summed E-state index contributed by atoms with van der Waals surface area (Å²) in [4.78, 5) is 6.98. The van der Waals surface area contributed by atoms with E-state index in [9.17, 15) is 17.2 Å². The van der Waals surface area contributed by atoms with E-state index < -0.39 is 21.7 Å². The minimum absolute atomic E-state index is 0.0276. The van der Waals surface area contributed by atoms with Crippen LogP contribution in [0.2, 0.25) is 0 Å². The molecule has 0 radical (unpaired) electrons. The van der Waals surface area contributed by atoms with Crippen LogP contribution in [-0.4, -0.2) is 48.9 Å². The quantitative estimate of drug-likeness (QED) is 0.732. The molecule has 1 aromatic carbocycles. The summed E-state index contributed by atoms with van der Waals surface area (Å²) in [5.74, 6) is -1.87. The molecule has 0 bridgehead atoms. The van der Waals surface area contributed by atoms with Crippen molar-refractivity contribution in [2.24, 2.45) is 0 Å². The molecule has 0 saturated carbocycles. The van der Waals surface area contributed by atoms with Crippen molar-refractivity contribution in [2.75, 3.05) is 26.2 Å². The molecule has 1 aliphatic heterocycles. The zero-order chi connectivity index (χ0) is 18.3. The van der Waals surface area contributed by atoms with Gasteiger partial charge in [0, 0.05) is 66.7 Å². The predicted molar refractivity (Wildman–Crippen MR) is 93.1 cm³/mol. The van der Waals surface area contributed by atoms with Gasteiger partial charge in [-0.05, 0) is 18.2 Å². The number of benzene rings is 1. The summed E-state index contributed by atoms with van der Waals surface area (Å²) >= 11 is 0. The number of H-pyrrole nitrogens is 1. The maximum atomic E-state index is 13.6. The van der Waals surface area contributed by atoms with Gasteiger partial charge in [-0.3, -0.25) is 0 Å². The van der Waals surface area contributed by atoms with Crippen molar-refractivity contribution in [2.45, 2.75) is 5.03 Å². The van der Waals surface area contributed by atoms with Gasteiger partial charge in [0.25, 0.3) is 10.0 Å². The van der Waals surface area contributed by atoms with Crippen LogP contribution in [0.1, 0.15) is 0 Å². The second-order valence-electron chi connectivity index (χ2n) is 6.05. The van der Waals surface area contributed by atoms with E-state index in [4.69, 9.17) is 0 Å². The molecule has 0 unspecified atom stereocenters. The van der Waals surface area contributed by atoms with Crippen LogP contribution in [0, 0.1) is 11.6 Å². The molecule has 2 aromatic heterocycles. The van der Waals surface area contributed by atoms with Crippen molar-refractivity contribution in [1.29, 1.82) is 0 Å². The Kier molecular flexibility index (Phi) is 4.22. The number of hydrogen-bond acceptors (Lipinski definition) is 4. The van der Waals surface area contributed by atoms with E-state index in [0.29, 0.717) is 48.2 Å². The molecule has 0 spiro atoms. The van der Waals surface area contributed by atoms with Crippen molar-refractivity contribution in [3.05, 3.63) is 48.3 Å². The average Bonchev–Trinajstić information content (AvgIpc) is 3.05. The Labute approximate surface area is 148 Å². The van der Waals surface area contributed by atoms with Gasteiger partial charge in [0.1, 0.15) is 0 Å². The van der Waals surface area contributed by atoms with E-state index >= 15 is 0 Å². The maximum absolute atomic E-state index is 13.6. The van der Waals surface area contributed by atoms with Crippen LogP contribution in [0.25, 0.3) is 22.0 Å². The van der Waals surface area contributed by atoms with Crippen LogP contribution >= 0.6 is 0 Å². The lowest BCUT2D eigenvalue weighted by Crippen LogP contribution is -2.46. The topological polar surface area (TPSA) is 78.1 Å². The Hall–Kier alpha value is -2.36. The van der Waals surface area contributed by atoms with Gasteiger partial charge in [-0.1, -0.05) is 0 Å². The number of aromatic nitrogens is 2. The van der Waals surface area contributed by atoms with E-state index in [2.05, 4.69) is 15.3 Å². The van der Waals surface area contributed by atoms with Crippen LogP contribution < -0.4 is 5.32 Å². The number of sulfonamides is 1. The Morgan fingerprint density at radius 3 is 2.50 bits per heavy atom. The van der Waals surface area contributed by atoms with Gasteiger partial charge in [-0.15, -0.1) is 0 Å². The molecule has 1 fully saturated rings. The van der Waals surface area contributed by atoms with Gasteiger partial charge in [0.15, 0.2) is 16.7 Å². The summed E-state index contributed by atoms with van der Waals surface area (Å²) < 4.78 is 53.5. The van der Waals surface area contributed by atoms with E-state index in [-0.39, 0.29) is 5.03 Å². The zero-order valence-corrected chi connectivity index (χ0v) is 14.5. The molecule has 0 aliphatic carbocycles. The normalized spacial score (nSPS) is 16.2. The highest BCUT2D eigenvalue weighted by molar-refractivity contribution is 7.89. The number of hydrogen-bond donors (Lipinski definition) is 2. The lowest BCUT2D eigenvalue weighted by atomic mass is 10.1. The van der Waals surface area contributed by atoms with Crippen LogP contribution in [0.4, 0.5) is 8.78 Å².